The molecule has 5 nitrogen and oxygen atoms in total. The van der Waals surface area contributed by atoms with E-state index in [-0.39, 0.29) is 54.3 Å². The fourth-order valence-corrected chi connectivity index (χ4v) is 8.35. The number of aryl methyl sites for hydroxylation is 1. The van der Waals surface area contributed by atoms with Crippen molar-refractivity contribution in [2.45, 2.75) is 112 Å². The Hall–Kier alpha value is -2.86. The molecule has 1 radical (unpaired) electrons. The van der Waals surface area contributed by atoms with Crippen LogP contribution in [0, 0.1) is 24.8 Å². The van der Waals surface area contributed by atoms with Gasteiger partial charge in [0.05, 0.1) is 11.3 Å². The molecule has 4 aromatic heterocycles. The summed E-state index contributed by atoms with van der Waals surface area (Å²) in [5.74, 6) is 0.547. The minimum absolute atomic E-state index is 0. The number of fused-ring (bicyclic) bond motifs is 6. The van der Waals surface area contributed by atoms with Crippen LogP contribution in [-0.2, 0) is 35.7 Å². The largest absolute Gasteiger partial charge is 0.512 e. The number of aliphatic hydroxyl groups excluding tert-OH is 1. The van der Waals surface area contributed by atoms with Crippen LogP contribution in [0.3, 0.4) is 0 Å². The molecule has 0 atom stereocenters. The van der Waals surface area contributed by atoms with E-state index >= 15 is 0 Å². The number of pyridine rings is 2. The number of carbonyl (C=O) groups is 1. The summed E-state index contributed by atoms with van der Waals surface area (Å²) < 4.78 is 7.50. The molecule has 1 aliphatic carbocycles. The van der Waals surface area contributed by atoms with Crippen LogP contribution in [0.1, 0.15) is 110 Å². The Balaban J connectivity index is 0.000000269. The number of benzene rings is 1. The number of aromatic nitrogens is 2. The van der Waals surface area contributed by atoms with Crippen LogP contribution >= 0.6 is 11.3 Å². The molecule has 0 spiro atoms. The van der Waals surface area contributed by atoms with E-state index < -0.39 is 0 Å². The van der Waals surface area contributed by atoms with Crippen molar-refractivity contribution in [3.8, 4) is 11.3 Å². The van der Waals surface area contributed by atoms with Crippen molar-refractivity contribution in [3.05, 3.63) is 70.6 Å². The van der Waals surface area contributed by atoms with Gasteiger partial charge in [-0.2, -0.15) is 0 Å². The Kier molecular flexibility index (Phi) is 11.6. The maximum Gasteiger partial charge on any atom is 0.216 e. The molecule has 5 aromatic rings. The van der Waals surface area contributed by atoms with E-state index in [1.807, 2.05) is 58.1 Å². The predicted molar refractivity (Wildman–Crippen MR) is 193 cm³/mol. The van der Waals surface area contributed by atoms with Gasteiger partial charge in [-0.25, -0.2) is 4.98 Å². The third-order valence-corrected chi connectivity index (χ3v) is 11.5. The Labute approximate surface area is 297 Å². The molecule has 0 amide bonds. The number of ketones is 1. The van der Waals surface area contributed by atoms with Crippen LogP contribution in [0.5, 0.6) is 0 Å². The van der Waals surface area contributed by atoms with Crippen molar-refractivity contribution < 1.29 is 34.4 Å². The standard InChI is InChI=1S/C27H25N2OS.C13H24O2.Ir/c1-15-9-10-17-16-7-6-8-18(23(16)30-25(17)29-15)20-13-21-19(14-28-20)22-24(31-21)27(4,5)12-11-26(22,2)3;1-5-10(6-2)12(14)9-13(15)11(7-3)8-4;/h6-7,9-10,13-14H,11-12H2,1-5H3;9-11,14H,5-8H2,1-4H3;/q-1;;/b;12-9-;. The third kappa shape index (κ3) is 7.28. The van der Waals surface area contributed by atoms with E-state index in [0.29, 0.717) is 5.71 Å². The minimum atomic E-state index is 0. The van der Waals surface area contributed by atoms with E-state index in [9.17, 15) is 9.90 Å². The van der Waals surface area contributed by atoms with Crippen LogP contribution in [0.4, 0.5) is 0 Å². The Bertz CT molecular complexity index is 1910. The predicted octanol–water partition coefficient (Wildman–Crippen LogP) is 11.6. The number of furan rings is 1. The van der Waals surface area contributed by atoms with Gasteiger partial charge in [0, 0.05) is 70.3 Å². The summed E-state index contributed by atoms with van der Waals surface area (Å²) in [4.78, 5) is 22.7. The number of aliphatic hydroxyl groups is 1. The summed E-state index contributed by atoms with van der Waals surface area (Å²) in [5.41, 5.74) is 6.13. The first-order chi connectivity index (χ1) is 21.8. The van der Waals surface area contributed by atoms with Crippen molar-refractivity contribution >= 4 is 49.3 Å². The van der Waals surface area contributed by atoms with E-state index in [0.717, 1.165) is 59.0 Å². The molecule has 4 heterocycles. The van der Waals surface area contributed by atoms with Gasteiger partial charge in [0.2, 0.25) is 5.71 Å². The molecule has 1 N–H and O–H groups in total. The first-order valence-electron chi connectivity index (χ1n) is 16.9. The Morgan fingerprint density at radius 1 is 0.979 bits per heavy atom. The molecule has 0 saturated carbocycles. The van der Waals surface area contributed by atoms with Crippen molar-refractivity contribution in [3.63, 3.8) is 0 Å². The van der Waals surface area contributed by atoms with Crippen LogP contribution in [-0.4, -0.2) is 20.9 Å². The smallest absolute Gasteiger partial charge is 0.216 e. The second-order valence-corrected chi connectivity index (χ2v) is 15.2. The van der Waals surface area contributed by atoms with Gasteiger partial charge in [0.1, 0.15) is 0 Å². The van der Waals surface area contributed by atoms with Gasteiger partial charge in [-0.3, -0.25) is 4.79 Å². The zero-order valence-corrected chi connectivity index (χ0v) is 32.6. The number of nitrogens with zero attached hydrogens (tertiary/aromatic N) is 2. The molecule has 0 aliphatic heterocycles. The van der Waals surface area contributed by atoms with Gasteiger partial charge in [0.25, 0.3) is 0 Å². The first-order valence-corrected chi connectivity index (χ1v) is 17.8. The average molecular weight is 830 g/mol. The number of allylic oxidation sites excluding steroid dienone is 2. The number of rotatable bonds is 8. The molecule has 47 heavy (non-hydrogen) atoms. The quantitative estimate of drug-likeness (QED) is 0.0958. The molecule has 6 rings (SSSR count). The van der Waals surface area contributed by atoms with Gasteiger partial charge < -0.3 is 14.5 Å². The van der Waals surface area contributed by atoms with Crippen LogP contribution in [0.15, 0.2) is 52.8 Å². The van der Waals surface area contributed by atoms with Crippen LogP contribution in [0.2, 0.25) is 0 Å². The fraction of sp³-hybridized carbons (Fsp3) is 0.475. The summed E-state index contributed by atoms with van der Waals surface area (Å²) in [6.45, 7) is 19.6. The monoisotopic (exact) mass is 830 g/mol. The van der Waals surface area contributed by atoms with Crippen molar-refractivity contribution in [2.75, 3.05) is 0 Å². The van der Waals surface area contributed by atoms with Crippen LogP contribution < -0.4 is 0 Å². The van der Waals surface area contributed by atoms with Crippen molar-refractivity contribution in [2.24, 2.45) is 11.8 Å². The van der Waals surface area contributed by atoms with Crippen LogP contribution in [0.25, 0.3) is 43.4 Å². The zero-order valence-electron chi connectivity index (χ0n) is 29.3. The van der Waals surface area contributed by atoms with Crippen molar-refractivity contribution in [1.82, 2.24) is 9.97 Å². The topological polar surface area (TPSA) is 76.2 Å². The second-order valence-electron chi connectivity index (χ2n) is 14.1. The Morgan fingerprint density at radius 2 is 1.64 bits per heavy atom. The molecule has 0 saturated heterocycles. The molecule has 253 valence electrons. The Morgan fingerprint density at radius 3 is 2.30 bits per heavy atom. The van der Waals surface area contributed by atoms with E-state index in [1.54, 1.807) is 0 Å². The maximum absolute atomic E-state index is 11.7. The van der Waals surface area contributed by atoms with E-state index in [4.69, 9.17) is 9.40 Å². The molecule has 0 unspecified atom stereocenters. The van der Waals surface area contributed by atoms with Gasteiger partial charge in [-0.1, -0.05) is 72.4 Å². The molecular formula is C40H49IrN2O3S-. The molecule has 1 aliphatic rings. The summed E-state index contributed by atoms with van der Waals surface area (Å²) in [6.07, 6.45) is 9.40. The van der Waals surface area contributed by atoms with E-state index in [2.05, 4.69) is 63.1 Å². The molecule has 7 heteroatoms. The zero-order chi connectivity index (χ0) is 33.4. The summed E-state index contributed by atoms with van der Waals surface area (Å²) in [6, 6.07) is 13.7. The fourth-order valence-electron chi connectivity index (χ4n) is 6.83. The summed E-state index contributed by atoms with van der Waals surface area (Å²) >= 11 is 1.93. The van der Waals surface area contributed by atoms with E-state index in [1.165, 1.54) is 39.4 Å². The normalized spacial score (nSPS) is 15.5. The number of thiophene rings is 1. The summed E-state index contributed by atoms with van der Waals surface area (Å²) in [7, 11) is 0. The molecule has 0 fully saturated rings. The third-order valence-electron chi connectivity index (χ3n) is 10.0. The minimum Gasteiger partial charge on any atom is -0.512 e. The first kappa shape index (κ1) is 37.0. The van der Waals surface area contributed by atoms with Gasteiger partial charge in [0.15, 0.2) is 5.78 Å². The van der Waals surface area contributed by atoms with Gasteiger partial charge in [-0.15, -0.1) is 29.5 Å². The van der Waals surface area contributed by atoms with Gasteiger partial charge >= 0.3 is 0 Å². The summed E-state index contributed by atoms with van der Waals surface area (Å²) in [5, 5.41) is 13.2. The van der Waals surface area contributed by atoms with Gasteiger partial charge in [-0.05, 0) is 79.7 Å². The van der Waals surface area contributed by atoms with Crippen molar-refractivity contribution in [1.29, 1.82) is 0 Å². The molecular weight excluding hydrogens is 781 g/mol. The molecule has 1 aromatic carbocycles. The molecule has 0 bridgehead atoms. The number of hydrogen-bond acceptors (Lipinski definition) is 6. The second kappa shape index (κ2) is 14.7. The number of hydrogen-bond donors (Lipinski definition) is 1. The number of carbonyl (C=O) groups excluding carboxylic acids is 1. The maximum atomic E-state index is 11.7. The average Bonchev–Trinajstić information content (AvgIpc) is 3.60. The SMILES string of the molecule is CCC(CC)C(=O)/C=C(\O)C(CC)CC.Cc1ccc2c(n1)oc1c(-c3cc4sc5c(c4cn3)C(C)(C)CCC5(C)C)[c-]ccc12.[Ir].